The number of nitrogens with zero attached hydrogens (tertiary/aromatic N) is 5. The Hall–Kier alpha value is -3.63. The van der Waals surface area contributed by atoms with Crippen LogP contribution in [-0.2, 0) is 16.1 Å². The molecule has 1 saturated heterocycles. The van der Waals surface area contributed by atoms with Crippen molar-refractivity contribution >= 4 is 35.7 Å². The van der Waals surface area contributed by atoms with E-state index >= 15 is 0 Å². The Morgan fingerprint density at radius 1 is 1.00 bits per heavy atom. The van der Waals surface area contributed by atoms with Gasteiger partial charge < -0.3 is 9.47 Å². The summed E-state index contributed by atoms with van der Waals surface area (Å²) < 4.78 is 1.83. The van der Waals surface area contributed by atoms with Crippen LogP contribution in [0.2, 0.25) is 0 Å². The Morgan fingerprint density at radius 3 is 2.39 bits per heavy atom. The normalized spacial score (nSPS) is 13.7. The summed E-state index contributed by atoms with van der Waals surface area (Å²) in [5, 5.41) is 8.94. The van der Waals surface area contributed by atoms with Gasteiger partial charge in [0.2, 0.25) is 0 Å². The number of hydrogen-bond acceptors (Lipinski definition) is 4. The van der Waals surface area contributed by atoms with Crippen molar-refractivity contribution in [2.24, 2.45) is 0 Å². The molecular formula is C23H22ClN5O2. The molecule has 0 saturated carbocycles. The lowest BCUT2D eigenvalue weighted by atomic mass is 10.1. The van der Waals surface area contributed by atoms with Crippen LogP contribution in [0, 0.1) is 25.2 Å². The molecule has 7 nitrogen and oxygen atoms in total. The molecule has 0 atom stereocenters. The predicted molar refractivity (Wildman–Crippen MR) is 120 cm³/mol. The highest BCUT2D eigenvalue weighted by molar-refractivity contribution is 6.45. The molecule has 2 heterocycles. The van der Waals surface area contributed by atoms with E-state index in [4.69, 9.17) is 5.26 Å². The topological polar surface area (TPSA) is 82.2 Å². The molecule has 0 spiro atoms. The number of halogens is 1. The summed E-state index contributed by atoms with van der Waals surface area (Å²) in [4.78, 5) is 33.1. The number of aromatic nitrogens is 2. The summed E-state index contributed by atoms with van der Waals surface area (Å²) in [5.41, 5.74) is 4.42. The molecule has 8 heteroatoms. The zero-order valence-corrected chi connectivity index (χ0v) is 18.1. The van der Waals surface area contributed by atoms with Gasteiger partial charge in [-0.15, -0.1) is 12.4 Å². The van der Waals surface area contributed by atoms with E-state index < -0.39 is 11.8 Å². The molecular weight excluding hydrogens is 414 g/mol. The van der Waals surface area contributed by atoms with E-state index in [1.54, 1.807) is 29.6 Å². The Morgan fingerprint density at radius 2 is 1.68 bits per heavy atom. The third-order valence-corrected chi connectivity index (χ3v) is 5.49. The van der Waals surface area contributed by atoms with Crippen LogP contribution >= 0.6 is 12.4 Å². The van der Waals surface area contributed by atoms with Crippen LogP contribution in [0.5, 0.6) is 0 Å². The first-order valence-electron chi connectivity index (χ1n) is 9.68. The average Bonchev–Trinajstić information content (AvgIpc) is 3.21. The fourth-order valence-corrected chi connectivity index (χ4v) is 3.65. The third-order valence-electron chi connectivity index (χ3n) is 5.49. The van der Waals surface area contributed by atoms with E-state index in [1.165, 1.54) is 4.90 Å². The fourth-order valence-electron chi connectivity index (χ4n) is 3.65. The van der Waals surface area contributed by atoms with E-state index in [9.17, 15) is 9.59 Å². The highest BCUT2D eigenvalue weighted by atomic mass is 35.5. The van der Waals surface area contributed by atoms with Crippen molar-refractivity contribution in [1.82, 2.24) is 9.55 Å². The summed E-state index contributed by atoms with van der Waals surface area (Å²) in [6, 6.07) is 15.1. The second-order valence-electron chi connectivity index (χ2n) is 7.32. The van der Waals surface area contributed by atoms with Gasteiger partial charge in [-0.1, -0.05) is 24.3 Å². The number of piperazine rings is 1. The van der Waals surface area contributed by atoms with Gasteiger partial charge in [0.15, 0.2) is 0 Å². The number of benzene rings is 2. The number of carbonyl (C=O) groups excluding carboxylic acids is 2. The van der Waals surface area contributed by atoms with Crippen molar-refractivity contribution in [3.05, 3.63) is 77.2 Å². The molecule has 0 aliphatic carbocycles. The van der Waals surface area contributed by atoms with Crippen LogP contribution in [0.1, 0.15) is 22.3 Å². The van der Waals surface area contributed by atoms with Crippen molar-refractivity contribution in [3.8, 4) is 6.07 Å². The van der Waals surface area contributed by atoms with E-state index in [-0.39, 0.29) is 12.4 Å². The minimum Gasteiger partial charge on any atom is -0.313 e. The third kappa shape index (κ3) is 4.16. The monoisotopic (exact) mass is 435 g/mol. The van der Waals surface area contributed by atoms with Crippen LogP contribution in [0.4, 0.5) is 11.5 Å². The highest BCUT2D eigenvalue weighted by Crippen LogP contribution is 2.27. The standard InChI is InChI=1S/C23H21N5O2.ClH/c1-16-4-3-5-20(17(16)2)27-10-11-28(23(30)22(27)29)21-13-25-15-26(21)14-19-8-6-18(12-24)7-9-19;/h3-9,13,15H,10-11,14H2,1-2H3;1H. The summed E-state index contributed by atoms with van der Waals surface area (Å²) in [6.07, 6.45) is 3.24. The first kappa shape index (κ1) is 22.1. The summed E-state index contributed by atoms with van der Waals surface area (Å²) in [5.74, 6) is -0.525. The average molecular weight is 436 g/mol. The molecule has 1 fully saturated rings. The molecule has 0 radical (unpaired) electrons. The Balaban J connectivity index is 0.00000272. The molecule has 1 aliphatic heterocycles. The number of anilines is 2. The van der Waals surface area contributed by atoms with Gasteiger partial charge in [-0.25, -0.2) is 4.98 Å². The van der Waals surface area contributed by atoms with E-state index in [0.717, 1.165) is 22.4 Å². The second-order valence-corrected chi connectivity index (χ2v) is 7.32. The summed E-state index contributed by atoms with van der Waals surface area (Å²) >= 11 is 0. The Bertz CT molecular complexity index is 1160. The molecule has 158 valence electrons. The Kier molecular flexibility index (Phi) is 6.42. The van der Waals surface area contributed by atoms with Gasteiger partial charge in [-0.05, 0) is 48.7 Å². The van der Waals surface area contributed by atoms with Gasteiger partial charge in [0, 0.05) is 18.8 Å². The van der Waals surface area contributed by atoms with E-state index in [1.807, 2.05) is 48.7 Å². The first-order valence-corrected chi connectivity index (χ1v) is 9.68. The molecule has 0 N–H and O–H groups in total. The number of imidazole rings is 1. The zero-order chi connectivity index (χ0) is 21.3. The molecule has 3 aromatic rings. The summed E-state index contributed by atoms with van der Waals surface area (Å²) in [6.45, 7) is 5.23. The number of carbonyl (C=O) groups is 2. The van der Waals surface area contributed by atoms with Gasteiger partial charge in [-0.3, -0.25) is 14.5 Å². The molecule has 1 aromatic heterocycles. The second kappa shape index (κ2) is 9.02. The largest absolute Gasteiger partial charge is 0.318 e. The highest BCUT2D eigenvalue weighted by Gasteiger charge is 2.36. The maximum absolute atomic E-state index is 12.9. The molecule has 1 aliphatic rings. The van der Waals surface area contributed by atoms with Crippen LogP contribution in [0.15, 0.2) is 55.0 Å². The predicted octanol–water partition coefficient (Wildman–Crippen LogP) is 3.22. The minimum absolute atomic E-state index is 0. The van der Waals surface area contributed by atoms with Crippen molar-refractivity contribution in [3.63, 3.8) is 0 Å². The minimum atomic E-state index is -0.566. The lowest BCUT2D eigenvalue weighted by molar-refractivity contribution is -0.136. The van der Waals surface area contributed by atoms with Gasteiger partial charge in [-0.2, -0.15) is 5.26 Å². The van der Waals surface area contributed by atoms with E-state index in [2.05, 4.69) is 11.1 Å². The molecule has 4 rings (SSSR count). The smallest absolute Gasteiger partial charge is 0.313 e. The van der Waals surface area contributed by atoms with Gasteiger partial charge >= 0.3 is 11.8 Å². The number of aryl methyl sites for hydroxylation is 1. The number of nitriles is 1. The number of amides is 2. The maximum atomic E-state index is 12.9. The molecule has 31 heavy (non-hydrogen) atoms. The lowest BCUT2D eigenvalue weighted by Crippen LogP contribution is -2.55. The first-order chi connectivity index (χ1) is 14.5. The zero-order valence-electron chi connectivity index (χ0n) is 17.3. The van der Waals surface area contributed by atoms with Crippen molar-refractivity contribution in [1.29, 1.82) is 5.26 Å². The van der Waals surface area contributed by atoms with Crippen molar-refractivity contribution in [2.45, 2.75) is 20.4 Å². The summed E-state index contributed by atoms with van der Waals surface area (Å²) in [7, 11) is 0. The van der Waals surface area contributed by atoms with E-state index in [0.29, 0.717) is 31.0 Å². The van der Waals surface area contributed by atoms with Gasteiger partial charge in [0.25, 0.3) is 0 Å². The number of hydrogen-bond donors (Lipinski definition) is 0. The van der Waals surface area contributed by atoms with Gasteiger partial charge in [0.05, 0.1) is 30.7 Å². The molecule has 0 bridgehead atoms. The van der Waals surface area contributed by atoms with Crippen LogP contribution in [0.25, 0.3) is 0 Å². The number of rotatable bonds is 4. The molecule has 2 aromatic carbocycles. The van der Waals surface area contributed by atoms with Crippen molar-refractivity contribution in [2.75, 3.05) is 22.9 Å². The molecule has 0 unspecified atom stereocenters. The van der Waals surface area contributed by atoms with Gasteiger partial charge in [0.1, 0.15) is 5.82 Å². The van der Waals surface area contributed by atoms with Crippen molar-refractivity contribution < 1.29 is 9.59 Å². The van der Waals surface area contributed by atoms with Crippen LogP contribution < -0.4 is 9.80 Å². The van der Waals surface area contributed by atoms with Crippen LogP contribution in [0.3, 0.4) is 0 Å². The SMILES string of the molecule is Cc1cccc(N2CCN(c3cncn3Cc3ccc(C#N)cc3)C(=O)C2=O)c1C.Cl. The lowest BCUT2D eigenvalue weighted by Gasteiger charge is -2.34. The maximum Gasteiger partial charge on any atom is 0.318 e. The van der Waals surface area contributed by atoms with Crippen LogP contribution in [-0.4, -0.2) is 34.5 Å². The quantitative estimate of drug-likeness (QED) is 0.589. The Labute approximate surface area is 186 Å². The fraction of sp³-hybridized carbons (Fsp3) is 0.217. The molecule has 2 amide bonds.